The van der Waals surface area contributed by atoms with Crippen LogP contribution in [-0.4, -0.2) is 37.6 Å². The lowest BCUT2D eigenvalue weighted by Crippen LogP contribution is -2.36. The Balaban J connectivity index is 2.42. The number of Topliss-reactive ketones (excluding diaryl/α,β-unsaturated/α-hetero) is 1. The van der Waals surface area contributed by atoms with Gasteiger partial charge >= 0.3 is 5.97 Å². The topological polar surface area (TPSA) is 97.7 Å². The molecule has 0 aromatic heterocycles. The van der Waals surface area contributed by atoms with Crippen molar-refractivity contribution >= 4 is 21.6 Å². The molecule has 0 aliphatic heterocycles. The lowest BCUT2D eigenvalue weighted by Gasteiger charge is -2.19. The summed E-state index contributed by atoms with van der Waals surface area (Å²) in [6.07, 6.45) is 0.529. The SMILES string of the molecule is COc1cccc(S(=O)(=O)C(C(=O)O)C2CCC(=O)C2)c1. The van der Waals surface area contributed by atoms with E-state index in [0.29, 0.717) is 12.2 Å². The van der Waals surface area contributed by atoms with E-state index in [9.17, 15) is 23.1 Å². The first kappa shape index (κ1) is 15.5. The summed E-state index contributed by atoms with van der Waals surface area (Å²) in [6, 6.07) is 5.70. The van der Waals surface area contributed by atoms with Gasteiger partial charge in [-0.25, -0.2) is 8.42 Å². The van der Waals surface area contributed by atoms with Crippen molar-refractivity contribution in [3.05, 3.63) is 24.3 Å². The van der Waals surface area contributed by atoms with Gasteiger partial charge in [-0.1, -0.05) is 6.07 Å². The number of carboxylic acid groups (broad SMARTS) is 1. The summed E-state index contributed by atoms with van der Waals surface area (Å²) in [4.78, 5) is 22.7. The number of carbonyl (C=O) groups is 2. The number of carbonyl (C=O) groups excluding carboxylic acids is 1. The van der Waals surface area contributed by atoms with E-state index >= 15 is 0 Å². The van der Waals surface area contributed by atoms with Crippen molar-refractivity contribution in [1.29, 1.82) is 0 Å². The van der Waals surface area contributed by atoms with Crippen molar-refractivity contribution in [3.63, 3.8) is 0 Å². The van der Waals surface area contributed by atoms with Crippen LogP contribution in [0.4, 0.5) is 0 Å². The summed E-state index contributed by atoms with van der Waals surface area (Å²) in [7, 11) is -2.67. The summed E-state index contributed by atoms with van der Waals surface area (Å²) in [5, 5.41) is 7.72. The zero-order valence-corrected chi connectivity index (χ0v) is 12.3. The van der Waals surface area contributed by atoms with Gasteiger partial charge in [-0.05, 0) is 30.5 Å². The molecule has 6 nitrogen and oxygen atoms in total. The average Bonchev–Trinajstić information content (AvgIpc) is 2.84. The van der Waals surface area contributed by atoms with E-state index in [2.05, 4.69) is 0 Å². The number of ketones is 1. The largest absolute Gasteiger partial charge is 0.497 e. The van der Waals surface area contributed by atoms with E-state index in [1.807, 2.05) is 0 Å². The van der Waals surface area contributed by atoms with E-state index in [4.69, 9.17) is 4.74 Å². The van der Waals surface area contributed by atoms with Crippen molar-refractivity contribution in [1.82, 2.24) is 0 Å². The van der Waals surface area contributed by atoms with Gasteiger partial charge in [0.25, 0.3) is 0 Å². The lowest BCUT2D eigenvalue weighted by atomic mass is 10.0. The Hall–Kier alpha value is -1.89. The van der Waals surface area contributed by atoms with Gasteiger partial charge in [-0.2, -0.15) is 0 Å². The highest BCUT2D eigenvalue weighted by molar-refractivity contribution is 7.92. The second kappa shape index (κ2) is 5.85. The smallest absolute Gasteiger partial charge is 0.322 e. The van der Waals surface area contributed by atoms with Gasteiger partial charge in [-0.3, -0.25) is 9.59 Å². The van der Waals surface area contributed by atoms with Crippen molar-refractivity contribution in [2.45, 2.75) is 29.4 Å². The number of sulfone groups is 1. The first-order chi connectivity index (χ1) is 9.86. The second-order valence-corrected chi connectivity index (χ2v) is 7.09. The van der Waals surface area contributed by atoms with E-state index in [1.165, 1.54) is 25.3 Å². The number of benzene rings is 1. The van der Waals surface area contributed by atoms with Crippen LogP contribution in [0.5, 0.6) is 5.75 Å². The molecule has 114 valence electrons. The van der Waals surface area contributed by atoms with Crippen LogP contribution in [0.1, 0.15) is 19.3 Å². The molecule has 2 rings (SSSR count). The third-order valence-corrected chi connectivity index (χ3v) is 5.83. The van der Waals surface area contributed by atoms with Gasteiger partial charge in [0.05, 0.1) is 12.0 Å². The molecule has 0 heterocycles. The molecule has 0 saturated heterocycles. The molecule has 0 radical (unpaired) electrons. The van der Waals surface area contributed by atoms with E-state index in [-0.39, 0.29) is 23.5 Å². The van der Waals surface area contributed by atoms with E-state index in [1.54, 1.807) is 6.07 Å². The van der Waals surface area contributed by atoms with Gasteiger partial charge in [0.2, 0.25) is 0 Å². The summed E-state index contributed by atoms with van der Waals surface area (Å²) in [6.45, 7) is 0. The minimum Gasteiger partial charge on any atom is -0.497 e. The van der Waals surface area contributed by atoms with Crippen molar-refractivity contribution < 1.29 is 27.9 Å². The Bertz CT molecular complexity index is 664. The maximum Gasteiger partial charge on any atom is 0.322 e. The van der Waals surface area contributed by atoms with Crippen molar-refractivity contribution in [2.75, 3.05) is 7.11 Å². The van der Waals surface area contributed by atoms with E-state index < -0.39 is 27.0 Å². The summed E-state index contributed by atoms with van der Waals surface area (Å²) in [5.41, 5.74) is 0. The normalized spacial score (nSPS) is 20.2. The number of hydrogen-bond donors (Lipinski definition) is 1. The minimum atomic E-state index is -4.07. The number of rotatable bonds is 5. The Morgan fingerprint density at radius 2 is 2.14 bits per heavy atom. The number of ether oxygens (including phenoxy) is 1. The predicted octanol–water partition coefficient (Wildman–Crippen LogP) is 1.29. The van der Waals surface area contributed by atoms with Gasteiger partial charge in [0, 0.05) is 12.8 Å². The van der Waals surface area contributed by atoms with E-state index in [0.717, 1.165) is 0 Å². The Kier molecular flexibility index (Phi) is 4.32. The fourth-order valence-electron chi connectivity index (χ4n) is 2.61. The van der Waals surface area contributed by atoms with Crippen LogP contribution in [0.2, 0.25) is 0 Å². The highest BCUT2D eigenvalue weighted by atomic mass is 32.2. The van der Waals surface area contributed by atoms with Gasteiger partial charge in [-0.15, -0.1) is 0 Å². The van der Waals surface area contributed by atoms with Crippen LogP contribution in [0.15, 0.2) is 29.2 Å². The molecule has 21 heavy (non-hydrogen) atoms. The second-order valence-electron chi connectivity index (χ2n) is 5.02. The standard InChI is InChI=1S/C14H16O6S/c1-20-11-3-2-4-12(8-11)21(18,19)13(14(16)17)9-5-6-10(15)7-9/h2-4,8-9,13H,5-7H2,1H3,(H,16,17). The third kappa shape index (κ3) is 3.07. The van der Waals surface area contributed by atoms with Crippen LogP contribution in [0, 0.1) is 5.92 Å². The van der Waals surface area contributed by atoms with Crippen molar-refractivity contribution in [2.24, 2.45) is 5.92 Å². The molecular formula is C14H16O6S. The zero-order valence-electron chi connectivity index (χ0n) is 11.5. The van der Waals surface area contributed by atoms with Crippen LogP contribution in [-0.2, 0) is 19.4 Å². The Morgan fingerprint density at radius 1 is 1.43 bits per heavy atom. The number of methoxy groups -OCH3 is 1. The molecule has 0 bridgehead atoms. The van der Waals surface area contributed by atoms with Gasteiger partial charge in [0.1, 0.15) is 11.5 Å². The van der Waals surface area contributed by atoms with Crippen molar-refractivity contribution in [3.8, 4) is 5.75 Å². The molecule has 1 aliphatic carbocycles. The third-order valence-electron chi connectivity index (χ3n) is 3.66. The maximum absolute atomic E-state index is 12.6. The molecular weight excluding hydrogens is 296 g/mol. The number of hydrogen-bond acceptors (Lipinski definition) is 5. The monoisotopic (exact) mass is 312 g/mol. The molecule has 7 heteroatoms. The molecule has 1 aromatic rings. The molecule has 1 saturated carbocycles. The fourth-order valence-corrected chi connectivity index (χ4v) is 4.46. The Labute approximate surface area is 122 Å². The highest BCUT2D eigenvalue weighted by Crippen LogP contribution is 2.33. The average molecular weight is 312 g/mol. The number of carboxylic acids is 1. The molecule has 0 spiro atoms. The van der Waals surface area contributed by atoms with Gasteiger partial charge < -0.3 is 9.84 Å². The minimum absolute atomic E-state index is 0.000164. The maximum atomic E-state index is 12.6. The zero-order chi connectivity index (χ0) is 15.6. The van der Waals surface area contributed by atoms with Crippen LogP contribution in [0.25, 0.3) is 0 Å². The molecule has 0 amide bonds. The fraction of sp³-hybridized carbons (Fsp3) is 0.429. The molecule has 1 fully saturated rings. The van der Waals surface area contributed by atoms with Crippen LogP contribution < -0.4 is 4.74 Å². The first-order valence-corrected chi connectivity index (χ1v) is 8.03. The summed E-state index contributed by atoms with van der Waals surface area (Å²) < 4.78 is 30.1. The van der Waals surface area contributed by atoms with Gasteiger partial charge in [0.15, 0.2) is 15.1 Å². The molecule has 2 atom stereocenters. The molecule has 1 N–H and O–H groups in total. The summed E-state index contributed by atoms with van der Waals surface area (Å²) in [5.74, 6) is -1.85. The van der Waals surface area contributed by atoms with Crippen LogP contribution in [0.3, 0.4) is 0 Å². The highest BCUT2D eigenvalue weighted by Gasteiger charge is 2.43. The van der Waals surface area contributed by atoms with Crippen LogP contribution >= 0.6 is 0 Å². The Morgan fingerprint density at radius 3 is 2.67 bits per heavy atom. The summed E-state index contributed by atoms with van der Waals surface area (Å²) >= 11 is 0. The molecule has 1 aromatic carbocycles. The molecule has 2 unspecified atom stereocenters. The predicted molar refractivity (Wildman–Crippen MR) is 74.0 cm³/mol. The lowest BCUT2D eigenvalue weighted by molar-refractivity contribution is -0.137. The quantitative estimate of drug-likeness (QED) is 0.880. The first-order valence-electron chi connectivity index (χ1n) is 6.48. The molecule has 1 aliphatic rings. The number of aliphatic carboxylic acids is 1.